The van der Waals surface area contributed by atoms with Crippen LogP contribution >= 0.6 is 0 Å². The Morgan fingerprint density at radius 1 is 1.25 bits per heavy atom. The molecule has 0 radical (unpaired) electrons. The number of carbonyl (C=O) groups is 1. The Kier molecular flexibility index (Phi) is 3.13. The molecule has 0 fully saturated rings. The molecular formula is C12H20N2O2. The van der Waals surface area contributed by atoms with E-state index in [1.54, 1.807) is 6.26 Å². The van der Waals surface area contributed by atoms with Crippen molar-refractivity contribution in [2.75, 3.05) is 5.32 Å². The molecule has 0 spiro atoms. The lowest BCUT2D eigenvalue weighted by molar-refractivity contribution is -0.123. The molecule has 0 aromatic carbocycles. The van der Waals surface area contributed by atoms with Gasteiger partial charge in [0.1, 0.15) is 6.26 Å². The van der Waals surface area contributed by atoms with Gasteiger partial charge in [-0.3, -0.25) is 10.1 Å². The Hall–Kier alpha value is -1.32. The Morgan fingerprint density at radius 3 is 2.19 bits per heavy atom. The van der Waals surface area contributed by atoms with Crippen molar-refractivity contribution in [1.29, 1.82) is 0 Å². The van der Waals surface area contributed by atoms with Crippen LogP contribution in [0.5, 0.6) is 0 Å². The fourth-order valence-electron chi connectivity index (χ4n) is 0.960. The van der Waals surface area contributed by atoms with Gasteiger partial charge in [-0.05, 0) is 0 Å². The minimum atomic E-state index is -0.448. The predicted molar refractivity (Wildman–Crippen MR) is 63.3 cm³/mol. The number of hydrogen-bond donors (Lipinski definition) is 1. The quantitative estimate of drug-likeness (QED) is 0.797. The van der Waals surface area contributed by atoms with Gasteiger partial charge in [0.25, 0.3) is 0 Å². The van der Waals surface area contributed by atoms with E-state index in [2.05, 4.69) is 10.3 Å². The second-order valence-electron chi connectivity index (χ2n) is 5.99. The van der Waals surface area contributed by atoms with Crippen LogP contribution in [0.15, 0.2) is 10.7 Å². The first-order chi connectivity index (χ1) is 7.10. The maximum absolute atomic E-state index is 11.7. The van der Waals surface area contributed by atoms with E-state index in [9.17, 15) is 4.79 Å². The van der Waals surface area contributed by atoms with Gasteiger partial charge < -0.3 is 4.42 Å². The molecule has 1 amide bonds. The molecular weight excluding hydrogens is 204 g/mol. The number of carbonyl (C=O) groups excluding carboxylic acids is 1. The van der Waals surface area contributed by atoms with Crippen molar-refractivity contribution >= 4 is 11.9 Å². The monoisotopic (exact) mass is 224 g/mol. The Bertz CT molecular complexity index is 380. The van der Waals surface area contributed by atoms with E-state index in [4.69, 9.17) is 4.42 Å². The number of anilines is 1. The topological polar surface area (TPSA) is 55.1 Å². The van der Waals surface area contributed by atoms with Crippen molar-refractivity contribution in [2.45, 2.75) is 47.0 Å². The molecule has 0 aliphatic carbocycles. The highest BCUT2D eigenvalue weighted by Gasteiger charge is 2.24. The maximum atomic E-state index is 11.7. The normalized spacial score (nSPS) is 12.6. The average Bonchev–Trinajstić information content (AvgIpc) is 2.49. The van der Waals surface area contributed by atoms with Gasteiger partial charge in [-0.15, -0.1) is 0 Å². The maximum Gasteiger partial charge on any atom is 0.301 e. The van der Waals surface area contributed by atoms with Gasteiger partial charge >= 0.3 is 6.01 Å². The number of aromatic nitrogens is 1. The lowest BCUT2D eigenvalue weighted by atomic mass is 9.93. The molecule has 1 aromatic rings. The van der Waals surface area contributed by atoms with Gasteiger partial charge in [0.15, 0.2) is 0 Å². The van der Waals surface area contributed by atoms with E-state index in [1.807, 2.05) is 41.5 Å². The van der Waals surface area contributed by atoms with Crippen LogP contribution in [0.3, 0.4) is 0 Å². The molecule has 1 aromatic heterocycles. The summed E-state index contributed by atoms with van der Waals surface area (Å²) >= 11 is 0. The van der Waals surface area contributed by atoms with Crippen LogP contribution in [-0.4, -0.2) is 10.9 Å². The summed E-state index contributed by atoms with van der Waals surface area (Å²) < 4.78 is 5.21. The van der Waals surface area contributed by atoms with Crippen LogP contribution in [0.1, 0.15) is 47.2 Å². The molecule has 0 bridgehead atoms. The second kappa shape index (κ2) is 3.92. The lowest BCUT2D eigenvalue weighted by Crippen LogP contribution is -2.27. The Labute approximate surface area is 96.4 Å². The van der Waals surface area contributed by atoms with Crippen LogP contribution in [0.2, 0.25) is 0 Å². The molecule has 0 atom stereocenters. The zero-order chi connectivity index (χ0) is 12.6. The fraction of sp³-hybridized carbons (Fsp3) is 0.667. The van der Waals surface area contributed by atoms with E-state index in [0.29, 0.717) is 0 Å². The average molecular weight is 224 g/mol. The number of amides is 1. The summed E-state index contributed by atoms with van der Waals surface area (Å²) in [6.07, 6.45) is 1.58. The van der Waals surface area contributed by atoms with Gasteiger partial charge in [0.05, 0.1) is 5.69 Å². The van der Waals surface area contributed by atoms with Crippen LogP contribution in [-0.2, 0) is 10.2 Å². The molecule has 16 heavy (non-hydrogen) atoms. The molecule has 1 rings (SSSR count). The highest BCUT2D eigenvalue weighted by molar-refractivity contribution is 5.92. The zero-order valence-electron chi connectivity index (χ0n) is 10.8. The number of nitrogens with one attached hydrogen (secondary N) is 1. The minimum absolute atomic E-state index is 0.0752. The summed E-state index contributed by atoms with van der Waals surface area (Å²) in [7, 11) is 0. The van der Waals surface area contributed by atoms with Crippen LogP contribution in [0, 0.1) is 5.41 Å². The first-order valence-electron chi connectivity index (χ1n) is 5.38. The predicted octanol–water partition coefficient (Wildman–Crippen LogP) is 2.96. The molecule has 0 aliphatic heterocycles. The zero-order valence-corrected chi connectivity index (χ0v) is 10.8. The molecule has 1 N–H and O–H groups in total. The largest absolute Gasteiger partial charge is 0.432 e. The Balaban J connectivity index is 2.78. The number of rotatable bonds is 1. The van der Waals surface area contributed by atoms with E-state index >= 15 is 0 Å². The van der Waals surface area contributed by atoms with E-state index in [-0.39, 0.29) is 17.3 Å². The first-order valence-corrected chi connectivity index (χ1v) is 5.38. The van der Waals surface area contributed by atoms with Gasteiger partial charge in [-0.1, -0.05) is 41.5 Å². The van der Waals surface area contributed by atoms with Crippen molar-refractivity contribution in [3.8, 4) is 0 Å². The SMILES string of the molecule is CC(C)(C)C(=O)Nc1nc(C(C)(C)C)co1. The summed E-state index contributed by atoms with van der Waals surface area (Å²) in [5.41, 5.74) is 0.307. The summed E-state index contributed by atoms with van der Waals surface area (Å²) in [6, 6.07) is 0.268. The highest BCUT2D eigenvalue weighted by Crippen LogP contribution is 2.23. The van der Waals surface area contributed by atoms with E-state index in [1.165, 1.54) is 0 Å². The van der Waals surface area contributed by atoms with Crippen molar-refractivity contribution in [3.63, 3.8) is 0 Å². The fourth-order valence-corrected chi connectivity index (χ4v) is 0.960. The van der Waals surface area contributed by atoms with Gasteiger partial charge in [0.2, 0.25) is 5.91 Å². The van der Waals surface area contributed by atoms with Crippen LogP contribution < -0.4 is 5.32 Å². The molecule has 4 nitrogen and oxygen atoms in total. The van der Waals surface area contributed by atoms with Crippen molar-refractivity contribution in [3.05, 3.63) is 12.0 Å². The number of hydrogen-bond acceptors (Lipinski definition) is 3. The molecule has 90 valence electrons. The van der Waals surface area contributed by atoms with Crippen molar-refractivity contribution in [2.24, 2.45) is 5.41 Å². The highest BCUT2D eigenvalue weighted by atomic mass is 16.4. The minimum Gasteiger partial charge on any atom is -0.432 e. The standard InChI is InChI=1S/C12H20N2O2/c1-11(2,3)8-7-16-10(13-8)14-9(15)12(4,5)6/h7H,1-6H3,(H,13,14,15). The summed E-state index contributed by atoms with van der Waals surface area (Å²) in [4.78, 5) is 15.9. The molecule has 0 saturated heterocycles. The smallest absolute Gasteiger partial charge is 0.301 e. The number of oxazole rings is 1. The first kappa shape index (κ1) is 12.7. The summed E-state index contributed by atoms with van der Waals surface area (Å²) in [6.45, 7) is 11.7. The summed E-state index contributed by atoms with van der Waals surface area (Å²) in [5.74, 6) is -0.102. The third-order valence-corrected chi connectivity index (χ3v) is 2.17. The van der Waals surface area contributed by atoms with Gasteiger partial charge in [0, 0.05) is 10.8 Å². The van der Waals surface area contributed by atoms with Crippen LogP contribution in [0.25, 0.3) is 0 Å². The molecule has 4 heteroatoms. The number of nitrogens with zero attached hydrogens (tertiary/aromatic N) is 1. The third kappa shape index (κ3) is 3.08. The van der Waals surface area contributed by atoms with Crippen molar-refractivity contribution in [1.82, 2.24) is 4.98 Å². The second-order valence-corrected chi connectivity index (χ2v) is 5.99. The van der Waals surface area contributed by atoms with Crippen molar-refractivity contribution < 1.29 is 9.21 Å². The van der Waals surface area contributed by atoms with Crippen LogP contribution in [0.4, 0.5) is 6.01 Å². The molecule has 0 unspecified atom stereocenters. The third-order valence-electron chi connectivity index (χ3n) is 2.17. The Morgan fingerprint density at radius 2 is 1.81 bits per heavy atom. The van der Waals surface area contributed by atoms with E-state index < -0.39 is 5.41 Å². The van der Waals surface area contributed by atoms with Gasteiger partial charge in [-0.25, -0.2) is 0 Å². The molecule has 0 saturated carbocycles. The van der Waals surface area contributed by atoms with Gasteiger partial charge in [-0.2, -0.15) is 4.98 Å². The molecule has 1 heterocycles. The van der Waals surface area contributed by atoms with E-state index in [0.717, 1.165) is 5.69 Å². The molecule has 0 aliphatic rings. The summed E-state index contributed by atoms with van der Waals surface area (Å²) in [5, 5.41) is 2.66. The lowest BCUT2D eigenvalue weighted by Gasteiger charge is -2.15.